The maximum absolute atomic E-state index is 12.4. The number of quaternary nitrogens is 1. The van der Waals surface area contributed by atoms with E-state index in [9.17, 15) is 19.5 Å². The van der Waals surface area contributed by atoms with Crippen LogP contribution in [0.1, 0.15) is 155 Å². The minimum Gasteiger partial charge on any atom is -0.544 e. The molecule has 0 spiro atoms. The second kappa shape index (κ2) is 27.8. The minimum atomic E-state index is -1.13. The Bertz CT molecular complexity index is 692. The number of nitrogens with zero attached hydrogens (tertiary/aromatic N) is 1. The standard InChI is InChI=1S/C35H67NO7/c1-6-8-9-10-11-12-13-14-15-16-17-18-19-20-21-22-23-24-25-26-34(38)43-31(30-42-33(37)7-2)29-41-28-27-32(35(39)40)36(3,4)5/h31-32H,6-30H2,1-5H3. The average molecular weight is 614 g/mol. The van der Waals surface area contributed by atoms with E-state index in [1.165, 1.54) is 103 Å². The highest BCUT2D eigenvalue weighted by atomic mass is 16.6. The smallest absolute Gasteiger partial charge is 0.306 e. The molecule has 0 aliphatic carbocycles. The van der Waals surface area contributed by atoms with Crippen molar-refractivity contribution in [3.8, 4) is 0 Å². The summed E-state index contributed by atoms with van der Waals surface area (Å²) in [5, 5.41) is 11.4. The molecule has 0 fully saturated rings. The number of hydrogen-bond acceptors (Lipinski definition) is 7. The van der Waals surface area contributed by atoms with Crippen molar-refractivity contribution in [3.63, 3.8) is 0 Å². The number of carbonyl (C=O) groups is 3. The molecule has 0 amide bonds. The highest BCUT2D eigenvalue weighted by molar-refractivity contribution is 5.70. The van der Waals surface area contributed by atoms with Crippen molar-refractivity contribution in [2.75, 3.05) is 41.0 Å². The lowest BCUT2D eigenvalue weighted by atomic mass is 10.0. The lowest BCUT2D eigenvalue weighted by Crippen LogP contribution is -2.55. The molecule has 0 aromatic carbocycles. The summed E-state index contributed by atoms with van der Waals surface area (Å²) in [5.41, 5.74) is 0. The lowest BCUT2D eigenvalue weighted by molar-refractivity contribution is -0.889. The molecule has 0 heterocycles. The maximum atomic E-state index is 12.4. The fourth-order valence-electron chi connectivity index (χ4n) is 5.23. The third-order valence-corrected chi connectivity index (χ3v) is 8.05. The summed E-state index contributed by atoms with van der Waals surface area (Å²) < 4.78 is 16.5. The Balaban J connectivity index is 3.90. The second-order valence-electron chi connectivity index (χ2n) is 13.1. The zero-order valence-corrected chi connectivity index (χ0v) is 28.6. The van der Waals surface area contributed by atoms with Gasteiger partial charge in [0.25, 0.3) is 0 Å². The summed E-state index contributed by atoms with van der Waals surface area (Å²) in [7, 11) is 5.36. The van der Waals surface area contributed by atoms with Gasteiger partial charge in [-0.25, -0.2) is 0 Å². The first-order valence-corrected chi connectivity index (χ1v) is 17.6. The number of hydrogen-bond donors (Lipinski definition) is 0. The third kappa shape index (κ3) is 26.5. The molecule has 0 saturated carbocycles. The first-order chi connectivity index (χ1) is 20.6. The lowest BCUT2D eigenvalue weighted by Gasteiger charge is -2.34. The van der Waals surface area contributed by atoms with Crippen LogP contribution in [0.3, 0.4) is 0 Å². The van der Waals surface area contributed by atoms with Gasteiger partial charge in [0.15, 0.2) is 6.10 Å². The van der Waals surface area contributed by atoms with E-state index in [4.69, 9.17) is 14.2 Å². The number of esters is 2. The van der Waals surface area contributed by atoms with Gasteiger partial charge in [-0.1, -0.05) is 129 Å². The summed E-state index contributed by atoms with van der Waals surface area (Å²) in [5.74, 6) is -1.83. The number of aliphatic carboxylic acids is 1. The van der Waals surface area contributed by atoms with E-state index in [0.717, 1.165) is 19.3 Å². The van der Waals surface area contributed by atoms with Crippen LogP contribution in [-0.4, -0.2) is 75.5 Å². The highest BCUT2D eigenvalue weighted by Crippen LogP contribution is 2.15. The Hall–Kier alpha value is -1.67. The topological polar surface area (TPSA) is 102 Å². The van der Waals surface area contributed by atoms with E-state index < -0.39 is 18.1 Å². The van der Waals surface area contributed by atoms with Crippen LogP contribution >= 0.6 is 0 Å². The largest absolute Gasteiger partial charge is 0.544 e. The number of likely N-dealkylation sites (N-methyl/N-ethyl adjacent to an activating group) is 1. The summed E-state index contributed by atoms with van der Waals surface area (Å²) in [6.45, 7) is 4.11. The molecule has 0 aliphatic rings. The average Bonchev–Trinajstić information content (AvgIpc) is 2.95. The van der Waals surface area contributed by atoms with Gasteiger partial charge in [0, 0.05) is 19.3 Å². The van der Waals surface area contributed by atoms with Crippen molar-refractivity contribution in [1.82, 2.24) is 0 Å². The second-order valence-corrected chi connectivity index (χ2v) is 13.1. The monoisotopic (exact) mass is 613 g/mol. The van der Waals surface area contributed by atoms with Gasteiger partial charge >= 0.3 is 11.9 Å². The van der Waals surface area contributed by atoms with Crippen molar-refractivity contribution in [1.29, 1.82) is 0 Å². The van der Waals surface area contributed by atoms with Crippen LogP contribution in [0.2, 0.25) is 0 Å². The van der Waals surface area contributed by atoms with E-state index in [1.54, 1.807) is 28.1 Å². The van der Waals surface area contributed by atoms with Gasteiger partial charge in [0.2, 0.25) is 0 Å². The van der Waals surface area contributed by atoms with E-state index in [0.29, 0.717) is 6.42 Å². The summed E-state index contributed by atoms with van der Waals surface area (Å²) >= 11 is 0. The molecule has 0 aromatic heterocycles. The van der Waals surface area contributed by atoms with Crippen LogP contribution in [0.4, 0.5) is 0 Å². The highest BCUT2D eigenvalue weighted by Gasteiger charge is 2.25. The fourth-order valence-corrected chi connectivity index (χ4v) is 5.23. The normalized spacial score (nSPS) is 13.0. The third-order valence-electron chi connectivity index (χ3n) is 8.05. The molecule has 43 heavy (non-hydrogen) atoms. The van der Waals surface area contributed by atoms with Crippen LogP contribution < -0.4 is 5.11 Å². The van der Waals surface area contributed by atoms with Crippen molar-refractivity contribution in [3.05, 3.63) is 0 Å². The van der Waals surface area contributed by atoms with Gasteiger partial charge in [0.1, 0.15) is 12.6 Å². The number of carboxylic acid groups (broad SMARTS) is 1. The van der Waals surface area contributed by atoms with Gasteiger partial charge in [-0.15, -0.1) is 0 Å². The molecule has 254 valence electrons. The Morgan fingerprint density at radius 1 is 0.628 bits per heavy atom. The predicted octanol–water partition coefficient (Wildman–Crippen LogP) is 6.90. The number of unbranched alkanes of at least 4 members (excludes halogenated alkanes) is 18. The fraction of sp³-hybridized carbons (Fsp3) is 0.914. The summed E-state index contributed by atoms with van der Waals surface area (Å²) in [6.07, 6.45) is 24.9. The quantitative estimate of drug-likeness (QED) is 0.0476. The number of carboxylic acids is 1. The van der Waals surface area contributed by atoms with Crippen molar-refractivity contribution in [2.45, 2.75) is 167 Å². The molecule has 0 N–H and O–H groups in total. The van der Waals surface area contributed by atoms with Gasteiger partial charge < -0.3 is 28.6 Å². The molecule has 0 saturated heterocycles. The number of ether oxygens (including phenoxy) is 3. The van der Waals surface area contributed by atoms with E-state index >= 15 is 0 Å². The van der Waals surface area contributed by atoms with Crippen molar-refractivity contribution < 1.29 is 38.2 Å². The van der Waals surface area contributed by atoms with Crippen molar-refractivity contribution >= 4 is 17.9 Å². The van der Waals surface area contributed by atoms with Gasteiger partial charge in [-0.2, -0.15) is 0 Å². The summed E-state index contributed by atoms with van der Waals surface area (Å²) in [4.78, 5) is 35.4. The van der Waals surface area contributed by atoms with Crippen molar-refractivity contribution in [2.24, 2.45) is 0 Å². The van der Waals surface area contributed by atoms with E-state index in [1.807, 2.05) is 0 Å². The molecular formula is C35H67NO7. The zero-order chi connectivity index (χ0) is 32.2. The van der Waals surface area contributed by atoms with Gasteiger partial charge in [0.05, 0.1) is 40.3 Å². The number of rotatable bonds is 31. The SMILES string of the molecule is CCCCCCCCCCCCCCCCCCCCCC(=O)OC(COCCC(C(=O)[O-])[N+](C)(C)C)COC(=O)CC. The maximum Gasteiger partial charge on any atom is 0.306 e. The van der Waals surface area contributed by atoms with E-state index in [-0.39, 0.29) is 49.1 Å². The van der Waals surface area contributed by atoms with Crippen LogP contribution in [0, 0.1) is 0 Å². The van der Waals surface area contributed by atoms with Gasteiger partial charge in [-0.3, -0.25) is 9.59 Å². The Labute approximate surface area is 264 Å². The molecule has 8 nitrogen and oxygen atoms in total. The Kier molecular flexibility index (Phi) is 26.8. The Morgan fingerprint density at radius 2 is 1.07 bits per heavy atom. The first kappa shape index (κ1) is 41.3. The van der Waals surface area contributed by atoms with Gasteiger partial charge in [-0.05, 0) is 6.42 Å². The molecule has 0 radical (unpaired) electrons. The van der Waals surface area contributed by atoms with Crippen LogP contribution in [0.25, 0.3) is 0 Å². The molecule has 0 bridgehead atoms. The molecule has 8 heteroatoms. The zero-order valence-electron chi connectivity index (χ0n) is 28.6. The molecule has 2 unspecified atom stereocenters. The first-order valence-electron chi connectivity index (χ1n) is 17.6. The summed E-state index contributed by atoms with van der Waals surface area (Å²) in [6, 6.07) is -0.715. The molecule has 2 atom stereocenters. The molecule has 0 aromatic rings. The van der Waals surface area contributed by atoms with E-state index in [2.05, 4.69) is 6.92 Å². The molecule has 0 aliphatic heterocycles. The number of carbonyl (C=O) groups excluding carboxylic acids is 3. The molecular weight excluding hydrogens is 546 g/mol. The minimum absolute atomic E-state index is 0.0405. The predicted molar refractivity (Wildman–Crippen MR) is 171 cm³/mol. The Morgan fingerprint density at radius 3 is 1.47 bits per heavy atom. The van der Waals surface area contributed by atoms with Crippen LogP contribution in [0.5, 0.6) is 0 Å². The van der Waals surface area contributed by atoms with Crippen LogP contribution in [0.15, 0.2) is 0 Å². The van der Waals surface area contributed by atoms with Crippen LogP contribution in [-0.2, 0) is 28.6 Å². The molecule has 0 rings (SSSR count).